The second-order valence-corrected chi connectivity index (χ2v) is 5.72. The van der Waals surface area contributed by atoms with Gasteiger partial charge in [0.15, 0.2) is 4.80 Å². The van der Waals surface area contributed by atoms with E-state index in [2.05, 4.69) is 9.73 Å². The smallest absolute Gasteiger partial charge is 0.325 e. The van der Waals surface area contributed by atoms with Crippen molar-refractivity contribution in [1.82, 2.24) is 4.57 Å². The van der Waals surface area contributed by atoms with Gasteiger partial charge < -0.3 is 9.30 Å². The number of ether oxygens (including phenoxy) is 1. The van der Waals surface area contributed by atoms with Gasteiger partial charge in [0.1, 0.15) is 6.54 Å². The first-order valence-corrected chi connectivity index (χ1v) is 7.70. The third-order valence-electron chi connectivity index (χ3n) is 3.08. The van der Waals surface area contributed by atoms with Crippen LogP contribution < -0.4 is 4.80 Å². The van der Waals surface area contributed by atoms with E-state index in [0.29, 0.717) is 27.9 Å². The van der Waals surface area contributed by atoms with E-state index in [1.807, 2.05) is 6.92 Å². The van der Waals surface area contributed by atoms with Crippen LogP contribution in [0.15, 0.2) is 23.2 Å². The third-order valence-corrected chi connectivity index (χ3v) is 4.13. The zero-order chi connectivity index (χ0) is 17.0. The first kappa shape index (κ1) is 16.8. The highest BCUT2D eigenvalue weighted by Crippen LogP contribution is 2.23. The number of esters is 1. The van der Waals surface area contributed by atoms with Crippen LogP contribution >= 0.6 is 11.3 Å². The summed E-state index contributed by atoms with van der Waals surface area (Å²) in [6.45, 7) is 1.69. The number of benzene rings is 1. The highest BCUT2D eigenvalue weighted by atomic mass is 32.1. The van der Waals surface area contributed by atoms with Crippen LogP contribution in [0.4, 0.5) is 5.69 Å². The monoisotopic (exact) mass is 337 g/mol. The van der Waals surface area contributed by atoms with Gasteiger partial charge in [0, 0.05) is 18.6 Å². The van der Waals surface area contributed by atoms with Gasteiger partial charge in [-0.3, -0.25) is 19.7 Å². The maximum absolute atomic E-state index is 11.8. The van der Waals surface area contributed by atoms with E-state index in [4.69, 9.17) is 0 Å². The summed E-state index contributed by atoms with van der Waals surface area (Å²) in [5.41, 5.74) is 0.373. The first-order valence-electron chi connectivity index (χ1n) is 6.88. The number of nitro benzene ring substituents is 1. The van der Waals surface area contributed by atoms with E-state index in [-0.39, 0.29) is 18.1 Å². The maximum Gasteiger partial charge on any atom is 0.325 e. The van der Waals surface area contributed by atoms with Crippen LogP contribution in [-0.4, -0.2) is 28.5 Å². The highest BCUT2D eigenvalue weighted by Gasteiger charge is 2.15. The molecule has 9 heteroatoms. The molecule has 0 saturated heterocycles. The molecule has 0 saturated carbocycles. The lowest BCUT2D eigenvalue weighted by Gasteiger charge is -2.03. The topological polar surface area (TPSA) is 104 Å². The molecule has 0 aliphatic carbocycles. The van der Waals surface area contributed by atoms with Gasteiger partial charge in [-0.25, -0.2) is 0 Å². The Kier molecular flexibility index (Phi) is 5.22. The van der Waals surface area contributed by atoms with Gasteiger partial charge in [0.2, 0.25) is 5.91 Å². The van der Waals surface area contributed by atoms with E-state index in [9.17, 15) is 19.7 Å². The second-order valence-electron chi connectivity index (χ2n) is 4.71. The lowest BCUT2D eigenvalue weighted by atomic mass is 10.3. The Morgan fingerprint density at radius 1 is 1.43 bits per heavy atom. The summed E-state index contributed by atoms with van der Waals surface area (Å²) in [6.07, 6.45) is 0.961. The van der Waals surface area contributed by atoms with Crippen LogP contribution in [0.1, 0.15) is 19.8 Å². The van der Waals surface area contributed by atoms with Gasteiger partial charge in [0.25, 0.3) is 5.69 Å². The molecule has 0 spiro atoms. The lowest BCUT2D eigenvalue weighted by Crippen LogP contribution is -2.22. The van der Waals surface area contributed by atoms with Crippen LogP contribution in [0.25, 0.3) is 10.2 Å². The molecule has 1 aromatic heterocycles. The van der Waals surface area contributed by atoms with Gasteiger partial charge in [-0.1, -0.05) is 18.3 Å². The Morgan fingerprint density at radius 3 is 2.78 bits per heavy atom. The van der Waals surface area contributed by atoms with Gasteiger partial charge in [-0.05, 0) is 12.5 Å². The number of amides is 1. The summed E-state index contributed by atoms with van der Waals surface area (Å²) >= 11 is 1.20. The number of fused-ring (bicyclic) bond motifs is 1. The second kappa shape index (κ2) is 7.14. The van der Waals surface area contributed by atoms with Crippen molar-refractivity contribution in [1.29, 1.82) is 0 Å². The fraction of sp³-hybridized carbons (Fsp3) is 0.357. The number of carbonyl (C=O) groups excluding carboxylic acids is 2. The SMILES string of the molecule is CCCC(=O)N=c1sc2ccc([N+](=O)[O-])cc2n1CC(=O)OC. The quantitative estimate of drug-likeness (QED) is 0.471. The molecule has 0 atom stereocenters. The summed E-state index contributed by atoms with van der Waals surface area (Å²) in [4.78, 5) is 38.1. The minimum absolute atomic E-state index is 0.0969. The molecule has 2 aromatic rings. The Balaban J connectivity index is 2.65. The van der Waals surface area contributed by atoms with Crippen LogP contribution in [0.2, 0.25) is 0 Å². The zero-order valence-corrected chi connectivity index (χ0v) is 13.5. The number of rotatable bonds is 5. The Morgan fingerprint density at radius 2 is 2.17 bits per heavy atom. The van der Waals surface area contributed by atoms with Crippen molar-refractivity contribution in [3.05, 3.63) is 33.1 Å². The van der Waals surface area contributed by atoms with Crippen molar-refractivity contribution in [3.63, 3.8) is 0 Å². The Labute approximate surface area is 135 Å². The van der Waals surface area contributed by atoms with Crippen molar-refractivity contribution in [3.8, 4) is 0 Å². The maximum atomic E-state index is 11.8. The van der Waals surface area contributed by atoms with Crippen molar-refractivity contribution in [2.45, 2.75) is 26.3 Å². The number of non-ortho nitro benzene ring substituents is 1. The van der Waals surface area contributed by atoms with E-state index >= 15 is 0 Å². The van der Waals surface area contributed by atoms with Gasteiger partial charge in [-0.2, -0.15) is 4.99 Å². The molecule has 0 bridgehead atoms. The molecular weight excluding hydrogens is 322 g/mol. The van der Waals surface area contributed by atoms with Crippen LogP contribution in [0.5, 0.6) is 0 Å². The zero-order valence-electron chi connectivity index (χ0n) is 12.6. The summed E-state index contributed by atoms with van der Waals surface area (Å²) in [6, 6.07) is 4.31. The summed E-state index contributed by atoms with van der Waals surface area (Å²) < 4.78 is 6.80. The molecule has 122 valence electrons. The average Bonchev–Trinajstić information content (AvgIpc) is 2.84. The molecule has 1 aromatic carbocycles. The molecule has 0 unspecified atom stereocenters. The van der Waals surface area contributed by atoms with Crippen molar-refractivity contribution in [2.24, 2.45) is 4.99 Å². The number of nitrogens with zero attached hydrogens (tertiary/aromatic N) is 3. The van der Waals surface area contributed by atoms with Gasteiger partial charge in [0.05, 0.1) is 22.2 Å². The van der Waals surface area contributed by atoms with Crippen LogP contribution in [0, 0.1) is 10.1 Å². The molecule has 1 amide bonds. The molecule has 1 heterocycles. The van der Waals surface area contributed by atoms with Gasteiger partial charge in [-0.15, -0.1) is 0 Å². The number of hydrogen-bond acceptors (Lipinski definition) is 6. The molecule has 0 fully saturated rings. The Hall–Kier alpha value is -2.55. The fourth-order valence-electron chi connectivity index (χ4n) is 1.98. The minimum Gasteiger partial charge on any atom is -0.468 e. The van der Waals surface area contributed by atoms with E-state index < -0.39 is 10.9 Å². The molecule has 8 nitrogen and oxygen atoms in total. The molecule has 0 radical (unpaired) electrons. The predicted molar refractivity (Wildman–Crippen MR) is 84.0 cm³/mol. The molecule has 0 aliphatic heterocycles. The van der Waals surface area contributed by atoms with Crippen LogP contribution in [0.3, 0.4) is 0 Å². The molecule has 23 heavy (non-hydrogen) atoms. The first-order chi connectivity index (χ1) is 11.0. The van der Waals surface area contributed by atoms with E-state index in [0.717, 1.165) is 0 Å². The average molecular weight is 337 g/mol. The number of thiazole rings is 1. The van der Waals surface area contributed by atoms with E-state index in [1.165, 1.54) is 35.1 Å². The highest BCUT2D eigenvalue weighted by molar-refractivity contribution is 7.16. The minimum atomic E-state index is -0.527. The van der Waals surface area contributed by atoms with Crippen LogP contribution in [-0.2, 0) is 20.9 Å². The van der Waals surface area contributed by atoms with Gasteiger partial charge >= 0.3 is 5.97 Å². The summed E-state index contributed by atoms with van der Waals surface area (Å²) in [7, 11) is 1.25. The van der Waals surface area contributed by atoms with Crippen molar-refractivity contribution in [2.75, 3.05) is 7.11 Å². The van der Waals surface area contributed by atoms with E-state index in [1.54, 1.807) is 6.07 Å². The van der Waals surface area contributed by atoms with Crippen molar-refractivity contribution >= 4 is 39.1 Å². The standard InChI is InChI=1S/C14H15N3O5S/c1-3-4-12(18)15-14-16(8-13(19)22-2)10-7-9(17(20)21)5-6-11(10)23-14/h5-7H,3-4,8H2,1-2H3. The summed E-state index contributed by atoms with van der Waals surface area (Å²) in [5, 5.41) is 10.9. The normalized spacial score (nSPS) is 11.7. The third kappa shape index (κ3) is 3.81. The number of carbonyl (C=O) groups is 2. The number of nitro groups is 1. The number of hydrogen-bond donors (Lipinski definition) is 0. The fourth-order valence-corrected chi connectivity index (χ4v) is 3.01. The lowest BCUT2D eigenvalue weighted by molar-refractivity contribution is -0.384. The largest absolute Gasteiger partial charge is 0.468 e. The molecule has 0 aliphatic rings. The Bertz CT molecular complexity index is 837. The van der Waals surface area contributed by atoms with Crippen molar-refractivity contribution < 1.29 is 19.2 Å². The molecule has 2 rings (SSSR count). The summed E-state index contributed by atoms with van der Waals surface area (Å²) in [5.74, 6) is -0.826. The number of methoxy groups -OCH3 is 1. The molecule has 0 N–H and O–H groups in total. The predicted octanol–water partition coefficient (Wildman–Crippen LogP) is 2.01. The molecular formula is C14H15N3O5S. The number of aromatic nitrogens is 1.